The molecule has 1 aromatic carbocycles. The Bertz CT molecular complexity index is 509. The fraction of sp³-hybridized carbons (Fsp3) is 0.222. The molecule has 0 amide bonds. The van der Waals surface area contributed by atoms with Crippen molar-refractivity contribution in [2.45, 2.75) is 13.3 Å². The van der Waals surface area contributed by atoms with Crippen LogP contribution in [0, 0.1) is 45.8 Å². The first-order valence-electron chi connectivity index (χ1n) is 4.09. The molecule has 0 aliphatic rings. The van der Waals surface area contributed by atoms with Gasteiger partial charge in [-0.15, -0.1) is 0 Å². The van der Waals surface area contributed by atoms with Gasteiger partial charge in [0.25, 0.3) is 0 Å². The van der Waals surface area contributed by atoms with Crippen LogP contribution in [0.3, 0.4) is 0 Å². The van der Waals surface area contributed by atoms with Crippen molar-refractivity contribution in [3.8, 4) is 6.07 Å². The van der Waals surface area contributed by atoms with Crippen molar-refractivity contribution in [2.24, 2.45) is 0 Å². The number of rotatable bonds is 2. The molecule has 0 radical (unpaired) electrons. The molecule has 0 saturated carbocycles. The van der Waals surface area contributed by atoms with E-state index < -0.39 is 45.6 Å². The number of nitriles is 1. The van der Waals surface area contributed by atoms with E-state index in [2.05, 4.69) is 0 Å². The highest BCUT2D eigenvalue weighted by Gasteiger charge is 2.29. The molecule has 1 rings (SSSR count). The van der Waals surface area contributed by atoms with E-state index in [0.29, 0.717) is 0 Å². The highest BCUT2D eigenvalue weighted by Crippen LogP contribution is 2.30. The third kappa shape index (κ3) is 1.69. The van der Waals surface area contributed by atoms with Gasteiger partial charge in [-0.2, -0.15) is 9.65 Å². The maximum atomic E-state index is 13.4. The quantitative estimate of drug-likeness (QED) is 0.445. The molecule has 0 aliphatic heterocycles. The molecule has 7 heteroatoms. The second-order valence-corrected chi connectivity index (χ2v) is 2.99. The number of hydrogen-bond donors (Lipinski definition) is 0. The van der Waals surface area contributed by atoms with Crippen LogP contribution in [0.2, 0.25) is 0 Å². The molecule has 1 aromatic rings. The van der Waals surface area contributed by atoms with Crippen LogP contribution in [0.4, 0.5) is 18.9 Å². The smallest absolute Gasteiger partial charge is 0.258 e. The number of halogens is 3. The largest absolute Gasteiger partial charge is 0.311 e. The minimum atomic E-state index is -1.55. The lowest BCUT2D eigenvalue weighted by Crippen LogP contribution is -2.07. The fourth-order valence-electron chi connectivity index (χ4n) is 1.26. The Hall–Kier alpha value is -2.10. The molecule has 84 valence electrons. The zero-order valence-electron chi connectivity index (χ0n) is 8.05. The van der Waals surface area contributed by atoms with Gasteiger partial charge in [0.05, 0.1) is 23.0 Å². The van der Waals surface area contributed by atoms with E-state index in [1.807, 2.05) is 0 Å². The predicted molar refractivity (Wildman–Crippen MR) is 47.0 cm³/mol. The number of nitro benzene ring substituents is 1. The normalized spacial score (nSPS) is 9.94. The van der Waals surface area contributed by atoms with Crippen molar-refractivity contribution in [3.05, 3.63) is 38.7 Å². The molecule has 0 aromatic heterocycles. The van der Waals surface area contributed by atoms with Crippen LogP contribution < -0.4 is 0 Å². The SMILES string of the molecule is Cc1c(F)c(F)c(CC#N)c(F)c1[N+](=O)[O-]. The number of nitro groups is 1. The van der Waals surface area contributed by atoms with Crippen molar-refractivity contribution in [1.29, 1.82) is 5.26 Å². The second-order valence-electron chi connectivity index (χ2n) is 2.99. The summed E-state index contributed by atoms with van der Waals surface area (Å²) >= 11 is 0. The first-order valence-corrected chi connectivity index (χ1v) is 4.09. The third-order valence-corrected chi connectivity index (χ3v) is 2.05. The molecule has 16 heavy (non-hydrogen) atoms. The summed E-state index contributed by atoms with van der Waals surface area (Å²) in [4.78, 5) is 9.31. The first-order chi connectivity index (χ1) is 7.41. The monoisotopic (exact) mass is 230 g/mol. The Kier molecular flexibility index (Phi) is 3.13. The van der Waals surface area contributed by atoms with Crippen LogP contribution in [-0.4, -0.2) is 4.92 Å². The van der Waals surface area contributed by atoms with Gasteiger partial charge in [0.15, 0.2) is 11.6 Å². The van der Waals surface area contributed by atoms with E-state index in [9.17, 15) is 23.3 Å². The maximum absolute atomic E-state index is 13.4. The summed E-state index contributed by atoms with van der Waals surface area (Å²) in [6.45, 7) is 0.899. The molecule has 0 fully saturated rings. The summed E-state index contributed by atoms with van der Waals surface area (Å²) in [5, 5.41) is 18.7. The Balaban J connectivity index is 3.67. The van der Waals surface area contributed by atoms with Gasteiger partial charge in [0.1, 0.15) is 0 Å². The van der Waals surface area contributed by atoms with Crippen molar-refractivity contribution in [3.63, 3.8) is 0 Å². The summed E-state index contributed by atoms with van der Waals surface area (Å²) in [7, 11) is 0. The van der Waals surface area contributed by atoms with Gasteiger partial charge in [-0.1, -0.05) is 0 Å². The average molecular weight is 230 g/mol. The topological polar surface area (TPSA) is 66.9 Å². The Morgan fingerprint density at radius 1 is 1.31 bits per heavy atom. The van der Waals surface area contributed by atoms with E-state index in [-0.39, 0.29) is 0 Å². The zero-order valence-corrected chi connectivity index (χ0v) is 8.05. The van der Waals surface area contributed by atoms with E-state index >= 15 is 0 Å². The van der Waals surface area contributed by atoms with Crippen LogP contribution >= 0.6 is 0 Å². The summed E-state index contributed by atoms with van der Waals surface area (Å²) in [5.41, 5.74) is -2.77. The minimum Gasteiger partial charge on any atom is -0.258 e. The lowest BCUT2D eigenvalue weighted by Gasteiger charge is -2.06. The molecule has 4 nitrogen and oxygen atoms in total. The van der Waals surface area contributed by atoms with Gasteiger partial charge < -0.3 is 0 Å². The highest BCUT2D eigenvalue weighted by molar-refractivity contribution is 5.46. The molecule has 0 spiro atoms. The zero-order chi connectivity index (χ0) is 12.5. The summed E-state index contributed by atoms with van der Waals surface area (Å²) < 4.78 is 39.7. The van der Waals surface area contributed by atoms with Crippen LogP contribution in [-0.2, 0) is 6.42 Å². The van der Waals surface area contributed by atoms with E-state index in [1.165, 1.54) is 6.07 Å². The fourth-order valence-corrected chi connectivity index (χ4v) is 1.26. The average Bonchev–Trinajstić information content (AvgIpc) is 2.21. The Morgan fingerprint density at radius 2 is 1.88 bits per heavy atom. The molecule has 0 heterocycles. The third-order valence-electron chi connectivity index (χ3n) is 2.05. The van der Waals surface area contributed by atoms with Crippen LogP contribution in [0.15, 0.2) is 0 Å². The summed E-state index contributed by atoms with van der Waals surface area (Å²) in [6, 6.07) is 1.41. The Morgan fingerprint density at radius 3 is 2.31 bits per heavy atom. The van der Waals surface area contributed by atoms with Gasteiger partial charge in [-0.3, -0.25) is 10.1 Å². The second kappa shape index (κ2) is 4.18. The molecular weight excluding hydrogens is 225 g/mol. The highest BCUT2D eigenvalue weighted by atomic mass is 19.2. The van der Waals surface area contributed by atoms with Gasteiger partial charge in [-0.05, 0) is 6.92 Å². The van der Waals surface area contributed by atoms with Crippen LogP contribution in [0.5, 0.6) is 0 Å². The summed E-state index contributed by atoms with van der Waals surface area (Å²) in [5.74, 6) is -4.55. The number of hydrogen-bond acceptors (Lipinski definition) is 3. The minimum absolute atomic E-state index is 0.721. The van der Waals surface area contributed by atoms with Crippen LogP contribution in [0.25, 0.3) is 0 Å². The van der Waals surface area contributed by atoms with Gasteiger partial charge >= 0.3 is 5.69 Å². The van der Waals surface area contributed by atoms with Gasteiger partial charge in [-0.25, -0.2) is 8.78 Å². The van der Waals surface area contributed by atoms with E-state index in [4.69, 9.17) is 5.26 Å². The van der Waals surface area contributed by atoms with Gasteiger partial charge in [0.2, 0.25) is 5.82 Å². The standard InChI is InChI=1S/C9H5F3N2O2/c1-4-6(10)7(11)5(2-3-13)8(12)9(4)14(15)16/h2H2,1H3. The van der Waals surface area contributed by atoms with Crippen molar-refractivity contribution >= 4 is 5.69 Å². The Labute approximate surface area is 88.1 Å². The maximum Gasteiger partial charge on any atom is 0.311 e. The first kappa shape index (κ1) is 12.0. The van der Waals surface area contributed by atoms with Gasteiger partial charge in [0, 0.05) is 5.56 Å². The number of benzene rings is 1. The molecule has 0 unspecified atom stereocenters. The molecule has 0 N–H and O–H groups in total. The van der Waals surface area contributed by atoms with E-state index in [1.54, 1.807) is 0 Å². The van der Waals surface area contributed by atoms with Crippen molar-refractivity contribution in [2.75, 3.05) is 0 Å². The van der Waals surface area contributed by atoms with Crippen molar-refractivity contribution < 1.29 is 18.1 Å². The number of nitrogens with zero attached hydrogens (tertiary/aromatic N) is 2. The van der Waals surface area contributed by atoms with Crippen LogP contribution in [0.1, 0.15) is 11.1 Å². The predicted octanol–water partition coefficient (Wildman–Crippen LogP) is 2.39. The molecule has 0 saturated heterocycles. The summed E-state index contributed by atoms with van der Waals surface area (Å²) in [6.07, 6.45) is -0.768. The lowest BCUT2D eigenvalue weighted by molar-refractivity contribution is -0.388. The molecule has 0 bridgehead atoms. The molecule has 0 aliphatic carbocycles. The lowest BCUT2D eigenvalue weighted by atomic mass is 10.1. The molecular formula is C9H5F3N2O2. The van der Waals surface area contributed by atoms with E-state index in [0.717, 1.165) is 6.92 Å². The van der Waals surface area contributed by atoms with Crippen molar-refractivity contribution in [1.82, 2.24) is 0 Å². The molecule has 0 atom stereocenters.